The fourth-order valence-electron chi connectivity index (χ4n) is 1.98. The second kappa shape index (κ2) is 5.77. The summed E-state index contributed by atoms with van der Waals surface area (Å²) in [6.45, 7) is 0. The zero-order chi connectivity index (χ0) is 15.6. The van der Waals surface area contributed by atoms with Gasteiger partial charge in [-0.3, -0.25) is 4.98 Å². The van der Waals surface area contributed by atoms with E-state index in [1.54, 1.807) is 0 Å². The van der Waals surface area contributed by atoms with Gasteiger partial charge in [-0.1, -0.05) is 6.07 Å². The fourth-order valence-corrected chi connectivity index (χ4v) is 1.98. The summed E-state index contributed by atoms with van der Waals surface area (Å²) in [5, 5.41) is 2.78. The monoisotopic (exact) mass is 302 g/mol. The van der Waals surface area contributed by atoms with Gasteiger partial charge in [-0.2, -0.15) is 13.2 Å². The highest BCUT2D eigenvalue weighted by Gasteiger charge is 2.34. The van der Waals surface area contributed by atoms with Crippen LogP contribution < -0.4 is 5.32 Å². The van der Waals surface area contributed by atoms with Gasteiger partial charge in [0, 0.05) is 0 Å². The third-order valence-electron chi connectivity index (χ3n) is 2.96. The van der Waals surface area contributed by atoms with Crippen LogP contribution in [0.1, 0.15) is 22.9 Å². The molecule has 0 spiro atoms. The van der Waals surface area contributed by atoms with Gasteiger partial charge < -0.3 is 5.32 Å². The summed E-state index contributed by atoms with van der Waals surface area (Å²) in [5.74, 6) is -1.89. The molecule has 0 fully saturated rings. The minimum atomic E-state index is -4.78. The Morgan fingerprint density at radius 2 is 1.81 bits per heavy atom. The average Bonchev–Trinajstić information content (AvgIpc) is 2.42. The zero-order valence-electron chi connectivity index (χ0n) is 10.9. The molecule has 0 aliphatic rings. The predicted molar refractivity (Wildman–Crippen MR) is 66.5 cm³/mol. The Kier molecular flexibility index (Phi) is 4.22. The number of halogens is 5. The molecule has 1 atom stereocenters. The number of nitrogens with zero attached hydrogens (tertiary/aromatic N) is 1. The number of benzene rings is 1. The number of pyridine rings is 1. The minimum absolute atomic E-state index is 0.185. The first-order valence-electron chi connectivity index (χ1n) is 5.98. The van der Waals surface area contributed by atoms with Gasteiger partial charge in [0.1, 0.15) is 11.6 Å². The second-order valence-corrected chi connectivity index (χ2v) is 4.36. The lowest BCUT2D eigenvalue weighted by atomic mass is 10.0. The number of alkyl halides is 3. The van der Waals surface area contributed by atoms with Crippen molar-refractivity contribution < 1.29 is 22.0 Å². The van der Waals surface area contributed by atoms with Gasteiger partial charge in [0.25, 0.3) is 0 Å². The van der Waals surface area contributed by atoms with Crippen molar-refractivity contribution >= 4 is 0 Å². The fraction of sp³-hybridized carbons (Fsp3) is 0.214. The summed E-state index contributed by atoms with van der Waals surface area (Å²) in [7, 11) is 1.52. The summed E-state index contributed by atoms with van der Waals surface area (Å²) in [6, 6.07) is 4.52. The molecule has 1 heterocycles. The third kappa shape index (κ3) is 3.36. The number of rotatable bonds is 3. The van der Waals surface area contributed by atoms with Crippen LogP contribution in [0.15, 0.2) is 36.5 Å². The highest BCUT2D eigenvalue weighted by Crippen LogP contribution is 2.33. The van der Waals surface area contributed by atoms with Gasteiger partial charge in [0.15, 0.2) is 0 Å². The van der Waals surface area contributed by atoms with E-state index in [0.717, 1.165) is 24.4 Å². The summed E-state index contributed by atoms with van der Waals surface area (Å²) < 4.78 is 64.3. The largest absolute Gasteiger partial charge is 0.419 e. The summed E-state index contributed by atoms with van der Waals surface area (Å²) in [6.07, 6.45) is -3.82. The standard InChI is InChI=1S/C14H11F5N2/c1-20-13(12-5-3-9(15)7-21-12)8-2-4-11(16)10(6-8)14(17,18)19/h2-7,13,20H,1H3. The molecule has 0 radical (unpaired) electrons. The molecule has 0 aliphatic heterocycles. The maximum Gasteiger partial charge on any atom is 0.419 e. The second-order valence-electron chi connectivity index (χ2n) is 4.36. The van der Waals surface area contributed by atoms with E-state index < -0.39 is 29.4 Å². The molecule has 0 amide bonds. The minimum Gasteiger partial charge on any atom is -0.308 e. The van der Waals surface area contributed by atoms with Gasteiger partial charge >= 0.3 is 6.18 Å². The normalized spacial score (nSPS) is 13.2. The molecule has 1 aromatic carbocycles. The van der Waals surface area contributed by atoms with Crippen LogP contribution >= 0.6 is 0 Å². The molecule has 112 valence electrons. The van der Waals surface area contributed by atoms with Gasteiger partial charge in [-0.15, -0.1) is 0 Å². The van der Waals surface area contributed by atoms with Crippen LogP contribution in [-0.4, -0.2) is 12.0 Å². The summed E-state index contributed by atoms with van der Waals surface area (Å²) in [5.41, 5.74) is -0.827. The Labute approximate surface area is 117 Å². The van der Waals surface area contributed by atoms with Crippen LogP contribution in [-0.2, 0) is 6.18 Å². The Balaban J connectivity index is 2.46. The van der Waals surface area contributed by atoms with Gasteiger partial charge in [-0.05, 0) is 36.9 Å². The SMILES string of the molecule is CNC(c1ccc(F)c(C(F)(F)F)c1)c1ccc(F)cn1. The molecule has 1 N–H and O–H groups in total. The first-order valence-corrected chi connectivity index (χ1v) is 5.98. The molecule has 2 nitrogen and oxygen atoms in total. The van der Waals surface area contributed by atoms with Crippen molar-refractivity contribution in [1.82, 2.24) is 10.3 Å². The van der Waals surface area contributed by atoms with Crippen molar-refractivity contribution in [1.29, 1.82) is 0 Å². The Bertz CT molecular complexity index is 622. The van der Waals surface area contributed by atoms with Crippen LogP contribution in [0.25, 0.3) is 0 Å². The lowest BCUT2D eigenvalue weighted by Gasteiger charge is -2.18. The van der Waals surface area contributed by atoms with Crippen molar-refractivity contribution in [2.24, 2.45) is 0 Å². The molecule has 21 heavy (non-hydrogen) atoms. The smallest absolute Gasteiger partial charge is 0.308 e. The highest BCUT2D eigenvalue weighted by molar-refractivity contribution is 5.33. The van der Waals surface area contributed by atoms with Crippen molar-refractivity contribution in [2.75, 3.05) is 7.05 Å². The Morgan fingerprint density at radius 3 is 2.33 bits per heavy atom. The van der Waals surface area contributed by atoms with Gasteiger partial charge in [0.2, 0.25) is 0 Å². The van der Waals surface area contributed by atoms with Crippen molar-refractivity contribution in [3.8, 4) is 0 Å². The molecule has 1 aromatic heterocycles. The molecule has 2 aromatic rings. The van der Waals surface area contributed by atoms with Crippen molar-refractivity contribution in [2.45, 2.75) is 12.2 Å². The van der Waals surface area contributed by atoms with E-state index in [2.05, 4.69) is 10.3 Å². The molecule has 7 heteroatoms. The molecule has 0 bridgehead atoms. The Hall–Kier alpha value is -2.02. The van der Waals surface area contributed by atoms with E-state index in [4.69, 9.17) is 0 Å². The number of hydrogen-bond donors (Lipinski definition) is 1. The zero-order valence-corrected chi connectivity index (χ0v) is 10.9. The first-order chi connectivity index (χ1) is 9.82. The van der Waals surface area contributed by atoms with E-state index in [0.29, 0.717) is 5.69 Å². The molecule has 0 aliphatic carbocycles. The van der Waals surface area contributed by atoms with E-state index in [1.165, 1.54) is 19.2 Å². The lowest BCUT2D eigenvalue weighted by molar-refractivity contribution is -0.140. The van der Waals surface area contributed by atoms with Gasteiger partial charge in [0.05, 0.1) is 23.5 Å². The maximum atomic E-state index is 13.3. The highest BCUT2D eigenvalue weighted by atomic mass is 19.4. The maximum absolute atomic E-state index is 13.3. The Morgan fingerprint density at radius 1 is 1.10 bits per heavy atom. The summed E-state index contributed by atoms with van der Waals surface area (Å²) >= 11 is 0. The van der Waals surface area contributed by atoms with Crippen LogP contribution in [0.4, 0.5) is 22.0 Å². The first kappa shape index (κ1) is 15.4. The average molecular weight is 302 g/mol. The molecular weight excluding hydrogens is 291 g/mol. The van der Waals surface area contributed by atoms with Crippen LogP contribution in [0, 0.1) is 11.6 Å². The molecule has 0 saturated heterocycles. The van der Waals surface area contributed by atoms with Crippen molar-refractivity contribution in [3.05, 3.63) is 65.0 Å². The molecule has 0 saturated carbocycles. The van der Waals surface area contributed by atoms with E-state index >= 15 is 0 Å². The number of nitrogens with one attached hydrogen (secondary N) is 1. The van der Waals surface area contributed by atoms with Gasteiger partial charge in [-0.25, -0.2) is 8.78 Å². The predicted octanol–water partition coefficient (Wildman–Crippen LogP) is 3.69. The quantitative estimate of drug-likeness (QED) is 0.875. The molecular formula is C14H11F5N2. The van der Waals surface area contributed by atoms with E-state index in [9.17, 15) is 22.0 Å². The van der Waals surface area contributed by atoms with Crippen LogP contribution in [0.3, 0.4) is 0 Å². The van der Waals surface area contributed by atoms with Crippen LogP contribution in [0.5, 0.6) is 0 Å². The number of hydrogen-bond acceptors (Lipinski definition) is 2. The van der Waals surface area contributed by atoms with E-state index in [1.807, 2.05) is 0 Å². The van der Waals surface area contributed by atoms with Crippen LogP contribution in [0.2, 0.25) is 0 Å². The summed E-state index contributed by atoms with van der Waals surface area (Å²) in [4.78, 5) is 3.83. The van der Waals surface area contributed by atoms with Crippen molar-refractivity contribution in [3.63, 3.8) is 0 Å². The number of aromatic nitrogens is 1. The topological polar surface area (TPSA) is 24.9 Å². The van der Waals surface area contributed by atoms with E-state index in [-0.39, 0.29) is 5.56 Å². The third-order valence-corrected chi connectivity index (χ3v) is 2.96. The molecule has 2 rings (SSSR count). The molecule has 1 unspecified atom stereocenters. The lowest BCUT2D eigenvalue weighted by Crippen LogP contribution is -2.20.